The highest BCUT2D eigenvalue weighted by atomic mass is 16.3. The standard InChI is InChI=1S/C44H28O/c1-2-11-29(12-3-1)30-21-23-31(24-22-30)43-36-16-4-6-18-38(36)44(39-19-7-5-17-37(39)43)34-14-10-13-32(27-34)33-25-26-42-40(28-33)35-15-8-9-20-41(35)45-42/h1-28H/i8D,9D,10D,13D,14D,15D,20D,25D,26D,27D,28D. The molecular formula is C44H28O. The predicted octanol–water partition coefficient (Wildman–Crippen LogP) is 12.6. The third-order valence-electron chi connectivity index (χ3n) is 8.22. The summed E-state index contributed by atoms with van der Waals surface area (Å²) in [6.07, 6.45) is 0. The lowest BCUT2D eigenvalue weighted by molar-refractivity contribution is 0.669. The van der Waals surface area contributed by atoms with Crippen LogP contribution in [-0.2, 0) is 0 Å². The Labute approximate surface area is 277 Å². The lowest BCUT2D eigenvalue weighted by Crippen LogP contribution is -1.91. The van der Waals surface area contributed by atoms with Crippen molar-refractivity contribution in [1.29, 1.82) is 0 Å². The van der Waals surface area contributed by atoms with Crippen LogP contribution in [0.25, 0.3) is 88.0 Å². The summed E-state index contributed by atoms with van der Waals surface area (Å²) in [6, 6.07) is 28.0. The molecule has 210 valence electrons. The van der Waals surface area contributed by atoms with Gasteiger partial charge in [-0.3, -0.25) is 0 Å². The summed E-state index contributed by atoms with van der Waals surface area (Å²) in [6.45, 7) is 0. The molecule has 0 N–H and O–H groups in total. The first-order valence-electron chi connectivity index (χ1n) is 20.0. The van der Waals surface area contributed by atoms with Gasteiger partial charge >= 0.3 is 0 Å². The maximum absolute atomic E-state index is 9.71. The van der Waals surface area contributed by atoms with E-state index in [1.165, 1.54) is 0 Å². The molecule has 0 aliphatic rings. The summed E-state index contributed by atoms with van der Waals surface area (Å²) >= 11 is 0. The van der Waals surface area contributed by atoms with Crippen molar-refractivity contribution in [3.05, 3.63) is 170 Å². The topological polar surface area (TPSA) is 13.1 Å². The van der Waals surface area contributed by atoms with E-state index < -0.39 is 54.4 Å². The highest BCUT2D eigenvalue weighted by Crippen LogP contribution is 2.44. The molecule has 0 unspecified atom stereocenters. The SMILES string of the molecule is [2H]c1c([2H])c(-c2c([2H])c([2H])c3oc4c([2H])c([2H])c([2H])c([2H])c4c3c2[2H])c([2H])c(-c2c3ccccc3c(-c3ccc(-c4ccccc4)cc3)c3ccccc23)c1[2H]. The maximum atomic E-state index is 9.71. The van der Waals surface area contributed by atoms with Gasteiger partial charge in [0.15, 0.2) is 0 Å². The number of hydrogen-bond donors (Lipinski definition) is 0. The predicted molar refractivity (Wildman–Crippen MR) is 190 cm³/mol. The van der Waals surface area contributed by atoms with Crippen LogP contribution in [0.2, 0.25) is 0 Å². The summed E-state index contributed by atoms with van der Waals surface area (Å²) in [5.41, 5.74) is 3.29. The second-order valence-electron chi connectivity index (χ2n) is 10.8. The Morgan fingerprint density at radius 1 is 0.333 bits per heavy atom. The molecule has 0 aliphatic carbocycles. The molecule has 0 spiro atoms. The summed E-state index contributed by atoms with van der Waals surface area (Å²) in [5, 5.41) is 2.70. The van der Waals surface area contributed by atoms with E-state index in [4.69, 9.17) is 15.4 Å². The van der Waals surface area contributed by atoms with Crippen LogP contribution >= 0.6 is 0 Å². The number of hydrogen-bond acceptors (Lipinski definition) is 1. The van der Waals surface area contributed by atoms with Crippen LogP contribution in [0.15, 0.2) is 174 Å². The minimum atomic E-state index is -0.581. The third kappa shape index (κ3) is 4.24. The molecule has 0 saturated carbocycles. The Kier molecular flexibility index (Phi) is 3.87. The fraction of sp³-hybridized carbons (Fsp3) is 0. The summed E-state index contributed by atoms with van der Waals surface area (Å²) in [7, 11) is 0. The number of rotatable bonds is 4. The molecule has 1 aromatic heterocycles. The zero-order valence-electron chi connectivity index (χ0n) is 34.7. The monoisotopic (exact) mass is 583 g/mol. The molecular weight excluding hydrogens is 544 g/mol. The smallest absolute Gasteiger partial charge is 0.135 e. The molecule has 0 saturated heterocycles. The van der Waals surface area contributed by atoms with Crippen LogP contribution in [-0.4, -0.2) is 0 Å². The first kappa shape index (κ1) is 16.8. The Bertz CT molecular complexity index is 3080. The van der Waals surface area contributed by atoms with Gasteiger partial charge in [-0.25, -0.2) is 0 Å². The molecule has 0 atom stereocenters. The van der Waals surface area contributed by atoms with E-state index in [1.807, 2.05) is 66.7 Å². The van der Waals surface area contributed by atoms with Crippen LogP contribution in [0.1, 0.15) is 15.1 Å². The Balaban J connectivity index is 1.36. The second kappa shape index (κ2) is 10.4. The van der Waals surface area contributed by atoms with Crippen molar-refractivity contribution in [3.8, 4) is 44.5 Å². The minimum Gasteiger partial charge on any atom is -0.456 e. The van der Waals surface area contributed by atoms with Crippen LogP contribution in [0, 0.1) is 0 Å². The van der Waals surface area contributed by atoms with Crippen molar-refractivity contribution in [2.75, 3.05) is 0 Å². The molecule has 1 heterocycles. The van der Waals surface area contributed by atoms with Crippen LogP contribution in [0.4, 0.5) is 0 Å². The normalized spacial score (nSPS) is 15.0. The number of furan rings is 1. The first-order chi connectivity index (χ1) is 26.9. The molecule has 0 amide bonds. The average molecular weight is 584 g/mol. The molecule has 0 radical (unpaired) electrons. The number of benzene rings is 8. The third-order valence-corrected chi connectivity index (χ3v) is 8.22. The van der Waals surface area contributed by atoms with Gasteiger partial charge in [0.2, 0.25) is 0 Å². The van der Waals surface area contributed by atoms with E-state index in [0.29, 0.717) is 16.3 Å². The Morgan fingerprint density at radius 3 is 1.58 bits per heavy atom. The van der Waals surface area contributed by atoms with Gasteiger partial charge in [0.1, 0.15) is 11.2 Å². The van der Waals surface area contributed by atoms with E-state index in [-0.39, 0.29) is 50.7 Å². The van der Waals surface area contributed by atoms with Crippen molar-refractivity contribution in [2.24, 2.45) is 0 Å². The molecule has 0 fully saturated rings. The van der Waals surface area contributed by atoms with Gasteiger partial charge in [0.05, 0.1) is 15.1 Å². The fourth-order valence-corrected chi connectivity index (χ4v) is 6.19. The van der Waals surface area contributed by atoms with Crippen LogP contribution in [0.3, 0.4) is 0 Å². The average Bonchev–Trinajstić information content (AvgIpc) is 3.63. The fourth-order valence-electron chi connectivity index (χ4n) is 6.19. The van der Waals surface area contributed by atoms with Gasteiger partial charge in [-0.15, -0.1) is 0 Å². The number of fused-ring (bicyclic) bond motifs is 5. The van der Waals surface area contributed by atoms with Gasteiger partial charge in [-0.2, -0.15) is 0 Å². The summed E-state index contributed by atoms with van der Waals surface area (Å²) < 4.78 is 104. The highest BCUT2D eigenvalue weighted by molar-refractivity contribution is 6.21. The molecule has 9 aromatic rings. The maximum Gasteiger partial charge on any atom is 0.135 e. The first-order valence-corrected chi connectivity index (χ1v) is 14.5. The van der Waals surface area contributed by atoms with Crippen molar-refractivity contribution < 1.29 is 19.5 Å². The van der Waals surface area contributed by atoms with Crippen molar-refractivity contribution >= 4 is 43.5 Å². The molecule has 0 bridgehead atoms. The molecule has 1 nitrogen and oxygen atoms in total. The van der Waals surface area contributed by atoms with E-state index in [2.05, 4.69) is 36.4 Å². The second-order valence-corrected chi connectivity index (χ2v) is 10.8. The van der Waals surface area contributed by atoms with E-state index in [1.54, 1.807) is 0 Å². The molecule has 0 aliphatic heterocycles. The van der Waals surface area contributed by atoms with Gasteiger partial charge in [0, 0.05) is 10.8 Å². The zero-order valence-corrected chi connectivity index (χ0v) is 23.7. The Hall–Kier alpha value is -5.92. The molecule has 1 heteroatoms. The quantitative estimate of drug-likeness (QED) is 0.188. The van der Waals surface area contributed by atoms with Crippen molar-refractivity contribution in [2.45, 2.75) is 0 Å². The lowest BCUT2D eigenvalue weighted by atomic mass is 9.85. The Morgan fingerprint density at radius 2 is 0.867 bits per heavy atom. The van der Waals surface area contributed by atoms with E-state index in [0.717, 1.165) is 33.0 Å². The molecule has 45 heavy (non-hydrogen) atoms. The van der Waals surface area contributed by atoms with E-state index >= 15 is 0 Å². The zero-order chi connectivity index (χ0) is 39.3. The minimum absolute atomic E-state index is 0.0174. The van der Waals surface area contributed by atoms with Crippen molar-refractivity contribution in [3.63, 3.8) is 0 Å². The van der Waals surface area contributed by atoms with Gasteiger partial charge in [-0.05, 0) is 90.2 Å². The van der Waals surface area contributed by atoms with Crippen LogP contribution < -0.4 is 0 Å². The highest BCUT2D eigenvalue weighted by Gasteiger charge is 2.17. The van der Waals surface area contributed by atoms with Gasteiger partial charge in [0.25, 0.3) is 0 Å². The summed E-state index contributed by atoms with van der Waals surface area (Å²) in [5.74, 6) is 0. The van der Waals surface area contributed by atoms with E-state index in [9.17, 15) is 4.11 Å². The van der Waals surface area contributed by atoms with Gasteiger partial charge < -0.3 is 4.42 Å². The van der Waals surface area contributed by atoms with Gasteiger partial charge in [-0.1, -0.05) is 145 Å². The van der Waals surface area contributed by atoms with Crippen LogP contribution in [0.5, 0.6) is 0 Å². The largest absolute Gasteiger partial charge is 0.456 e. The summed E-state index contributed by atoms with van der Waals surface area (Å²) in [4.78, 5) is 0. The molecule has 9 rings (SSSR count). The lowest BCUT2D eigenvalue weighted by Gasteiger charge is -2.18. The van der Waals surface area contributed by atoms with Crippen molar-refractivity contribution in [1.82, 2.24) is 0 Å². The number of para-hydroxylation sites is 1. The molecule has 8 aromatic carbocycles.